The van der Waals surface area contributed by atoms with Gasteiger partial charge in [0.2, 0.25) is 6.23 Å². The summed E-state index contributed by atoms with van der Waals surface area (Å²) in [5.41, 5.74) is 0.765. The minimum Gasteiger partial charge on any atom is -0.396 e. The lowest BCUT2D eigenvalue weighted by Crippen LogP contribution is -2.46. The molecular weight excluding hydrogens is 328 g/mol. The van der Waals surface area contributed by atoms with Crippen molar-refractivity contribution in [3.63, 3.8) is 0 Å². The standard InChI is InChI=1S/C16H20N4O5/c1-11(18-15(22)13-6-2-3-7-14(13)16(18)23)24-20-19(25-20)17-8-4-5-12(9-17)10-21/h2-3,6-7,11-12,21H,4-5,8-10H2,1H3. The number of aromatic nitrogens is 2. The van der Waals surface area contributed by atoms with Crippen molar-refractivity contribution in [2.24, 2.45) is 5.92 Å². The van der Waals surface area contributed by atoms with E-state index >= 15 is 0 Å². The summed E-state index contributed by atoms with van der Waals surface area (Å²) in [5, 5.41) is 12.4. The number of aliphatic hydroxyl groups excluding tert-OH is 1. The van der Waals surface area contributed by atoms with Crippen LogP contribution in [0.15, 0.2) is 28.9 Å². The van der Waals surface area contributed by atoms with Crippen LogP contribution in [-0.4, -0.2) is 57.7 Å². The van der Waals surface area contributed by atoms with Gasteiger partial charge in [-0.3, -0.25) is 14.6 Å². The van der Waals surface area contributed by atoms with Crippen LogP contribution in [0.1, 0.15) is 40.5 Å². The highest BCUT2D eigenvalue weighted by Crippen LogP contribution is 2.24. The molecule has 0 spiro atoms. The minimum absolute atomic E-state index is 0.136. The number of fused-ring (bicyclic) bond motifs is 1. The number of hydrogen-bond donors (Lipinski definition) is 1. The fraction of sp³-hybridized carbons (Fsp3) is 0.500. The van der Waals surface area contributed by atoms with Gasteiger partial charge in [0.25, 0.3) is 11.8 Å². The van der Waals surface area contributed by atoms with Gasteiger partial charge in [-0.15, -0.1) is 0 Å². The van der Waals surface area contributed by atoms with Crippen molar-refractivity contribution in [2.45, 2.75) is 26.0 Å². The van der Waals surface area contributed by atoms with E-state index in [9.17, 15) is 14.7 Å². The molecule has 0 aliphatic carbocycles. The van der Waals surface area contributed by atoms with Crippen LogP contribution in [0.4, 0.5) is 0 Å². The first kappa shape index (κ1) is 15.8. The fourth-order valence-corrected chi connectivity index (χ4v) is 3.32. The molecule has 9 heteroatoms. The third kappa shape index (κ3) is 2.70. The van der Waals surface area contributed by atoms with Gasteiger partial charge in [-0.05, 0) is 31.9 Å². The van der Waals surface area contributed by atoms with Gasteiger partial charge >= 0.3 is 0 Å². The van der Waals surface area contributed by atoms with Gasteiger partial charge in [0.1, 0.15) is 5.02 Å². The second kappa shape index (κ2) is 5.99. The molecule has 1 fully saturated rings. The summed E-state index contributed by atoms with van der Waals surface area (Å²) in [5.74, 6) is -0.548. The van der Waals surface area contributed by atoms with Gasteiger partial charge in [-0.1, -0.05) is 12.1 Å². The van der Waals surface area contributed by atoms with E-state index in [4.69, 9.17) is 9.47 Å². The molecule has 2 aromatic rings. The molecule has 0 bridgehead atoms. The zero-order valence-electron chi connectivity index (χ0n) is 13.9. The quantitative estimate of drug-likeness (QED) is 0.781. The molecule has 1 saturated heterocycles. The molecule has 0 radical (unpaired) electrons. The number of carbonyl (C=O) groups excluding carboxylic acids is 2. The first-order chi connectivity index (χ1) is 12.1. The summed E-state index contributed by atoms with van der Waals surface area (Å²) in [6, 6.07) is 6.71. The number of rotatable bonds is 5. The fourth-order valence-electron chi connectivity index (χ4n) is 3.32. The van der Waals surface area contributed by atoms with E-state index in [1.54, 1.807) is 31.2 Å². The molecule has 4 rings (SSSR count). The highest BCUT2D eigenvalue weighted by atomic mass is 17.0. The van der Waals surface area contributed by atoms with E-state index in [1.165, 1.54) is 4.96 Å². The molecule has 2 amide bonds. The summed E-state index contributed by atoms with van der Waals surface area (Å²) >= 11 is 0. The van der Waals surface area contributed by atoms with E-state index < -0.39 is 6.23 Å². The van der Waals surface area contributed by atoms with Crippen molar-refractivity contribution < 1.29 is 24.2 Å². The first-order valence-corrected chi connectivity index (χ1v) is 8.38. The maximum atomic E-state index is 12.4. The highest BCUT2D eigenvalue weighted by Gasteiger charge is 2.40. The van der Waals surface area contributed by atoms with Crippen molar-refractivity contribution in [3.8, 4) is 0 Å². The number of carbonyl (C=O) groups is 2. The molecule has 1 N–H and O–H groups in total. The molecule has 2 aliphatic rings. The molecule has 2 atom stereocenters. The topological polar surface area (TPSA) is 93.1 Å². The predicted molar refractivity (Wildman–Crippen MR) is 85.4 cm³/mol. The van der Waals surface area contributed by atoms with Gasteiger partial charge in [0.05, 0.1) is 11.1 Å². The van der Waals surface area contributed by atoms with Crippen molar-refractivity contribution in [1.29, 1.82) is 0 Å². The SMILES string of the molecule is CC(On1on1N1CCCC(CO)C1)N1C(=O)c2ccccc2C1=O. The van der Waals surface area contributed by atoms with E-state index in [0.717, 1.165) is 29.3 Å². The number of hydrogen-bond acceptors (Lipinski definition) is 6. The highest BCUT2D eigenvalue weighted by molar-refractivity contribution is 6.21. The summed E-state index contributed by atoms with van der Waals surface area (Å²) < 4.78 is 5.27. The Hall–Kier alpha value is -2.68. The first-order valence-electron chi connectivity index (χ1n) is 8.38. The molecule has 25 heavy (non-hydrogen) atoms. The lowest BCUT2D eigenvalue weighted by Gasteiger charge is -2.28. The van der Waals surface area contributed by atoms with Crippen molar-refractivity contribution in [2.75, 3.05) is 24.7 Å². The van der Waals surface area contributed by atoms with Gasteiger partial charge in [-0.25, -0.2) is 4.90 Å². The maximum Gasteiger partial charge on any atom is 0.264 e. The van der Waals surface area contributed by atoms with Crippen LogP contribution in [-0.2, 0) is 0 Å². The molecule has 9 nitrogen and oxygen atoms in total. The number of piperidine rings is 1. The number of aliphatic hydroxyl groups is 1. The van der Waals surface area contributed by atoms with Gasteiger partial charge in [0, 0.05) is 30.6 Å². The van der Waals surface area contributed by atoms with E-state index in [0.29, 0.717) is 17.7 Å². The molecule has 1 aromatic carbocycles. The molecule has 0 saturated carbocycles. The number of imide groups is 1. The molecule has 3 heterocycles. The van der Waals surface area contributed by atoms with Crippen LogP contribution in [0.25, 0.3) is 0 Å². The zero-order valence-corrected chi connectivity index (χ0v) is 13.9. The Morgan fingerprint density at radius 2 is 1.96 bits per heavy atom. The predicted octanol–water partition coefficient (Wildman–Crippen LogP) is 0.294. The summed E-state index contributed by atoms with van der Waals surface area (Å²) in [6.45, 7) is 3.21. The Labute approximate surface area is 143 Å². The molecule has 1 aromatic heterocycles. The van der Waals surface area contributed by atoms with E-state index in [1.807, 2.05) is 5.01 Å². The Morgan fingerprint density at radius 1 is 1.28 bits per heavy atom. The molecule has 2 aliphatic heterocycles. The van der Waals surface area contributed by atoms with Gasteiger partial charge in [0.15, 0.2) is 0 Å². The second-order valence-electron chi connectivity index (χ2n) is 6.41. The Balaban J connectivity index is 1.42. The maximum absolute atomic E-state index is 12.4. The van der Waals surface area contributed by atoms with Crippen molar-refractivity contribution in [1.82, 2.24) is 14.9 Å². The second-order valence-corrected chi connectivity index (χ2v) is 6.41. The Morgan fingerprint density at radius 3 is 2.60 bits per heavy atom. The third-order valence-corrected chi connectivity index (χ3v) is 4.69. The van der Waals surface area contributed by atoms with Gasteiger partial charge < -0.3 is 9.94 Å². The Bertz CT molecular complexity index is 756. The van der Waals surface area contributed by atoms with Crippen molar-refractivity contribution in [3.05, 3.63) is 35.4 Å². The number of nitrogens with zero attached hydrogens (tertiary/aromatic N) is 4. The number of benzene rings is 1. The largest absolute Gasteiger partial charge is 0.396 e. The smallest absolute Gasteiger partial charge is 0.264 e. The molecule has 134 valence electrons. The van der Waals surface area contributed by atoms with Crippen LogP contribution in [0.5, 0.6) is 0 Å². The van der Waals surface area contributed by atoms with Crippen LogP contribution in [0.2, 0.25) is 0 Å². The monoisotopic (exact) mass is 348 g/mol. The van der Waals surface area contributed by atoms with Crippen molar-refractivity contribution >= 4 is 11.8 Å². The van der Waals surface area contributed by atoms with Crippen LogP contribution >= 0.6 is 0 Å². The van der Waals surface area contributed by atoms with Crippen LogP contribution in [0, 0.1) is 5.92 Å². The van der Waals surface area contributed by atoms with Crippen LogP contribution in [0.3, 0.4) is 0 Å². The number of amides is 2. The molecule has 2 unspecified atom stereocenters. The normalized spacial score (nSPS) is 21.8. The van der Waals surface area contributed by atoms with E-state index in [2.05, 4.69) is 0 Å². The average molecular weight is 348 g/mol. The van der Waals surface area contributed by atoms with Crippen LogP contribution < -0.4 is 9.85 Å². The zero-order chi connectivity index (χ0) is 17.6. The summed E-state index contributed by atoms with van der Waals surface area (Å²) in [6.07, 6.45) is 1.12. The van der Waals surface area contributed by atoms with E-state index in [-0.39, 0.29) is 24.3 Å². The summed E-state index contributed by atoms with van der Waals surface area (Å²) in [4.78, 5) is 32.9. The average Bonchev–Trinajstić information content (AvgIpc) is 3.35. The Kier molecular flexibility index (Phi) is 3.79. The van der Waals surface area contributed by atoms with Gasteiger partial charge in [-0.2, -0.15) is 4.63 Å². The lowest BCUT2D eigenvalue weighted by atomic mass is 10.0. The summed E-state index contributed by atoms with van der Waals surface area (Å²) in [7, 11) is 0. The third-order valence-electron chi connectivity index (χ3n) is 4.69. The minimum atomic E-state index is -0.809. The molecular formula is C16H20N4O5. The lowest BCUT2D eigenvalue weighted by molar-refractivity contribution is -0.0574.